The van der Waals surface area contributed by atoms with Crippen molar-refractivity contribution in [1.82, 2.24) is 0 Å². The van der Waals surface area contributed by atoms with Crippen LogP contribution in [-0.2, 0) is 13.0 Å². The third-order valence-electron chi connectivity index (χ3n) is 8.80. The van der Waals surface area contributed by atoms with Crippen LogP contribution < -0.4 is 4.57 Å². The van der Waals surface area contributed by atoms with Crippen LogP contribution >= 0.6 is 0 Å². The highest BCUT2D eigenvalue weighted by molar-refractivity contribution is 5.07. The lowest BCUT2D eigenvalue weighted by Crippen LogP contribution is -2.32. The monoisotopic (exact) mass is 543 g/mol. The van der Waals surface area contributed by atoms with Gasteiger partial charge in [0.2, 0.25) is 0 Å². The van der Waals surface area contributed by atoms with Crippen LogP contribution in [-0.4, -0.2) is 0 Å². The molecule has 1 nitrogen and oxygen atoms in total. The maximum Gasteiger partial charge on any atom is 0.169 e. The molecule has 0 bridgehead atoms. The van der Waals surface area contributed by atoms with Gasteiger partial charge in [0.25, 0.3) is 0 Å². The first-order valence-corrected chi connectivity index (χ1v) is 18.3. The Kier molecular flexibility index (Phi) is 27.9. The first kappa shape index (κ1) is 36.2. The van der Waals surface area contributed by atoms with E-state index in [9.17, 15) is 0 Å². The predicted octanol–water partition coefficient (Wildman–Crippen LogP) is 12.9. The highest BCUT2D eigenvalue weighted by atomic mass is 14.9. The van der Waals surface area contributed by atoms with Crippen LogP contribution in [0.1, 0.15) is 206 Å². The summed E-state index contributed by atoms with van der Waals surface area (Å²) in [5.41, 5.74) is 1.53. The molecule has 1 heterocycles. The zero-order chi connectivity index (χ0) is 27.9. The van der Waals surface area contributed by atoms with Gasteiger partial charge in [-0.15, -0.1) is 0 Å². The average molecular weight is 543 g/mol. The second kappa shape index (κ2) is 30.1. The van der Waals surface area contributed by atoms with Crippen molar-refractivity contribution in [2.24, 2.45) is 0 Å². The van der Waals surface area contributed by atoms with Gasteiger partial charge in [-0.1, -0.05) is 181 Å². The van der Waals surface area contributed by atoms with Crippen LogP contribution in [0.25, 0.3) is 0 Å². The number of aromatic nitrogens is 1. The summed E-state index contributed by atoms with van der Waals surface area (Å²) in [5, 5.41) is 0. The zero-order valence-corrected chi connectivity index (χ0v) is 27.2. The summed E-state index contributed by atoms with van der Waals surface area (Å²) in [7, 11) is 0. The van der Waals surface area contributed by atoms with E-state index in [1.807, 2.05) is 0 Å². The Morgan fingerprint density at radius 3 is 0.974 bits per heavy atom. The number of aryl methyl sites for hydroxylation is 2. The van der Waals surface area contributed by atoms with Gasteiger partial charge in [0.05, 0.1) is 0 Å². The minimum absolute atomic E-state index is 1.19. The lowest BCUT2D eigenvalue weighted by molar-refractivity contribution is -0.697. The Bertz CT molecular complexity index is 577. The molecular formula is C38H72N+. The SMILES string of the molecule is CCCCCCCCCCCCCCCCCc1cc[n+](CCCCCCCCCCCCCCCC)cc1. The number of hydrogen-bond donors (Lipinski definition) is 0. The van der Waals surface area contributed by atoms with Crippen LogP contribution in [0, 0.1) is 0 Å². The molecule has 0 amide bonds. The van der Waals surface area contributed by atoms with Crippen LogP contribution in [0.15, 0.2) is 24.5 Å². The molecule has 228 valence electrons. The standard InChI is InChI=1S/C38H72N/c1-3-5-7-9-11-13-15-17-19-20-22-24-26-28-30-32-38-33-36-39(37-34-38)35-31-29-27-25-23-21-18-16-14-12-10-8-6-4-2/h33-34,36-37H,3-32,35H2,1-2H3/q+1. The summed E-state index contributed by atoms with van der Waals surface area (Å²) in [6, 6.07) is 4.74. The number of pyridine rings is 1. The summed E-state index contributed by atoms with van der Waals surface area (Å²) in [6.07, 6.45) is 47.7. The van der Waals surface area contributed by atoms with Gasteiger partial charge in [-0.25, -0.2) is 4.57 Å². The maximum absolute atomic E-state index is 2.40. The average Bonchev–Trinajstić information content (AvgIpc) is 2.96. The van der Waals surface area contributed by atoms with Crippen molar-refractivity contribution < 1.29 is 4.57 Å². The van der Waals surface area contributed by atoms with Crippen LogP contribution in [0.3, 0.4) is 0 Å². The van der Waals surface area contributed by atoms with Crippen molar-refractivity contribution in [2.45, 2.75) is 213 Å². The molecule has 0 saturated heterocycles. The summed E-state index contributed by atoms with van der Waals surface area (Å²) in [4.78, 5) is 0. The molecule has 0 aromatic carbocycles. The van der Waals surface area contributed by atoms with Crippen molar-refractivity contribution in [2.75, 3.05) is 0 Å². The van der Waals surface area contributed by atoms with E-state index in [0.29, 0.717) is 0 Å². The molecule has 0 saturated carbocycles. The number of rotatable bonds is 31. The molecule has 1 aromatic rings. The topological polar surface area (TPSA) is 3.88 Å². The lowest BCUT2D eigenvalue weighted by Gasteiger charge is -2.04. The first-order valence-electron chi connectivity index (χ1n) is 18.3. The van der Waals surface area contributed by atoms with E-state index in [1.165, 1.54) is 205 Å². The van der Waals surface area contributed by atoms with E-state index in [1.54, 1.807) is 0 Å². The lowest BCUT2D eigenvalue weighted by atomic mass is 10.0. The van der Waals surface area contributed by atoms with Gasteiger partial charge in [0.1, 0.15) is 6.54 Å². The van der Waals surface area contributed by atoms with E-state index in [2.05, 4.69) is 42.9 Å². The van der Waals surface area contributed by atoms with Gasteiger partial charge in [0.15, 0.2) is 12.4 Å². The Labute approximate surface area is 247 Å². The predicted molar refractivity (Wildman–Crippen MR) is 176 cm³/mol. The van der Waals surface area contributed by atoms with Gasteiger partial charge in [-0.05, 0) is 24.8 Å². The fourth-order valence-corrected chi connectivity index (χ4v) is 5.99. The normalized spacial score (nSPS) is 11.4. The number of hydrogen-bond acceptors (Lipinski definition) is 0. The second-order valence-electron chi connectivity index (χ2n) is 12.7. The molecule has 0 aliphatic rings. The van der Waals surface area contributed by atoms with Gasteiger partial charge in [-0.3, -0.25) is 0 Å². The first-order chi connectivity index (χ1) is 19.4. The molecule has 0 spiro atoms. The zero-order valence-electron chi connectivity index (χ0n) is 27.2. The van der Waals surface area contributed by atoms with Crippen molar-refractivity contribution >= 4 is 0 Å². The molecule has 39 heavy (non-hydrogen) atoms. The van der Waals surface area contributed by atoms with Crippen molar-refractivity contribution in [3.05, 3.63) is 30.1 Å². The van der Waals surface area contributed by atoms with Gasteiger partial charge in [0, 0.05) is 18.6 Å². The van der Waals surface area contributed by atoms with Crippen molar-refractivity contribution in [3.8, 4) is 0 Å². The quantitative estimate of drug-likeness (QED) is 0.0648. The van der Waals surface area contributed by atoms with E-state index >= 15 is 0 Å². The fourth-order valence-electron chi connectivity index (χ4n) is 5.99. The largest absolute Gasteiger partial charge is 0.205 e. The molecule has 1 heteroatoms. The van der Waals surface area contributed by atoms with E-state index in [-0.39, 0.29) is 0 Å². The van der Waals surface area contributed by atoms with Crippen molar-refractivity contribution in [1.29, 1.82) is 0 Å². The molecule has 0 unspecified atom stereocenters. The highest BCUT2D eigenvalue weighted by Gasteiger charge is 2.02. The summed E-state index contributed by atoms with van der Waals surface area (Å²) in [6.45, 7) is 5.80. The van der Waals surface area contributed by atoms with E-state index < -0.39 is 0 Å². The molecule has 0 aliphatic carbocycles. The molecule has 0 aliphatic heterocycles. The summed E-state index contributed by atoms with van der Waals surface area (Å²) in [5.74, 6) is 0. The third-order valence-corrected chi connectivity index (χ3v) is 8.80. The Balaban J connectivity index is 1.83. The smallest absolute Gasteiger partial charge is 0.169 e. The molecular weight excluding hydrogens is 470 g/mol. The van der Waals surface area contributed by atoms with E-state index in [0.717, 1.165) is 0 Å². The molecule has 1 rings (SSSR count). The highest BCUT2D eigenvalue weighted by Crippen LogP contribution is 2.15. The van der Waals surface area contributed by atoms with Crippen molar-refractivity contribution in [3.63, 3.8) is 0 Å². The van der Waals surface area contributed by atoms with Gasteiger partial charge < -0.3 is 0 Å². The molecule has 0 atom stereocenters. The molecule has 0 fully saturated rings. The van der Waals surface area contributed by atoms with Crippen LogP contribution in [0.4, 0.5) is 0 Å². The molecule has 1 aromatic heterocycles. The van der Waals surface area contributed by atoms with E-state index in [4.69, 9.17) is 0 Å². The second-order valence-corrected chi connectivity index (χ2v) is 12.7. The Hall–Kier alpha value is -0.850. The summed E-state index contributed by atoms with van der Waals surface area (Å²) < 4.78 is 2.40. The Morgan fingerprint density at radius 2 is 0.641 bits per heavy atom. The Morgan fingerprint density at radius 1 is 0.359 bits per heavy atom. The van der Waals surface area contributed by atoms with Gasteiger partial charge in [-0.2, -0.15) is 0 Å². The number of nitrogens with zero attached hydrogens (tertiary/aromatic N) is 1. The number of unbranched alkanes of at least 4 members (excludes halogenated alkanes) is 27. The molecule has 0 radical (unpaired) electrons. The maximum atomic E-state index is 2.40. The summed E-state index contributed by atoms with van der Waals surface area (Å²) >= 11 is 0. The van der Waals surface area contributed by atoms with Crippen LogP contribution in [0.2, 0.25) is 0 Å². The minimum Gasteiger partial charge on any atom is -0.205 e. The molecule has 0 N–H and O–H groups in total. The van der Waals surface area contributed by atoms with Crippen LogP contribution in [0.5, 0.6) is 0 Å². The third kappa shape index (κ3) is 25.8. The fraction of sp³-hybridized carbons (Fsp3) is 0.868. The van der Waals surface area contributed by atoms with Gasteiger partial charge >= 0.3 is 0 Å². The minimum atomic E-state index is 1.19.